The van der Waals surface area contributed by atoms with Crippen LogP contribution in [0.5, 0.6) is 5.75 Å². The number of rotatable bonds is 3. The summed E-state index contributed by atoms with van der Waals surface area (Å²) in [5, 5.41) is 10.5. The zero-order valence-electron chi connectivity index (χ0n) is 15.7. The van der Waals surface area contributed by atoms with Gasteiger partial charge in [0.05, 0.1) is 0 Å². The molecule has 0 spiro atoms. The summed E-state index contributed by atoms with van der Waals surface area (Å²) >= 11 is 0. The maximum absolute atomic E-state index is 10.7. The van der Waals surface area contributed by atoms with Crippen LogP contribution in [0.1, 0.15) is 61.1 Å². The summed E-state index contributed by atoms with van der Waals surface area (Å²) in [7, 11) is -2.62. The van der Waals surface area contributed by atoms with Gasteiger partial charge in [-0.1, -0.05) is 41.5 Å². The Bertz CT molecular complexity index is 490. The maximum Gasteiger partial charge on any atom is 2.00 e. The van der Waals surface area contributed by atoms with E-state index in [1.807, 2.05) is 53.7 Å². The van der Waals surface area contributed by atoms with Gasteiger partial charge in [-0.25, -0.2) is 0 Å². The van der Waals surface area contributed by atoms with Crippen molar-refractivity contribution in [3.8, 4) is 5.75 Å². The van der Waals surface area contributed by atoms with Crippen molar-refractivity contribution >= 4 is 46.0 Å². The van der Waals surface area contributed by atoms with Crippen LogP contribution < -0.4 is 0 Å². The van der Waals surface area contributed by atoms with Gasteiger partial charge in [-0.15, -0.1) is 9.42 Å². The van der Waals surface area contributed by atoms with Gasteiger partial charge in [0.1, 0.15) is 12.4 Å². The molecule has 0 aromatic heterocycles. The van der Waals surface area contributed by atoms with Crippen LogP contribution in [0.4, 0.5) is 0 Å². The molecule has 6 heteroatoms. The van der Waals surface area contributed by atoms with E-state index in [9.17, 15) is 9.67 Å². The van der Waals surface area contributed by atoms with E-state index in [4.69, 9.17) is 9.42 Å². The second-order valence-electron chi connectivity index (χ2n) is 7.05. The number of aromatic hydroxyl groups is 1. The molecule has 0 aliphatic rings. The fraction of sp³-hybridized carbons (Fsp3) is 0.600. The Hall–Kier alpha value is 0.300. The van der Waals surface area contributed by atoms with Gasteiger partial charge in [0.25, 0.3) is 0 Å². The summed E-state index contributed by atoms with van der Waals surface area (Å²) in [4.78, 5) is 8.76. The van der Waals surface area contributed by atoms with Gasteiger partial charge < -0.3 is 7.96 Å². The summed E-state index contributed by atoms with van der Waals surface area (Å²) in [5.74, 6) is 0.294. The summed E-state index contributed by atoms with van der Waals surface area (Å²) in [5.41, 5.74) is 1.98. The second-order valence-corrected chi connectivity index (χ2v) is 7.78. The van der Waals surface area contributed by atoms with Crippen molar-refractivity contribution in [2.24, 2.45) is 0 Å². The molecule has 116 valence electrons. The van der Waals surface area contributed by atoms with Crippen LogP contribution in [-0.2, 0) is 26.5 Å². The minimum atomic E-state index is -2.62. The quantitative estimate of drug-likeness (QED) is 0.644. The first-order valence-electron chi connectivity index (χ1n) is 6.59. The van der Waals surface area contributed by atoms with Gasteiger partial charge >= 0.3 is 46.0 Å². The van der Waals surface area contributed by atoms with Crippen LogP contribution in [0, 0.1) is 0 Å². The van der Waals surface area contributed by atoms with Crippen LogP contribution in [-0.4, -0.2) is 47.7 Å². The number of phenolic OH excluding ortho intramolecular Hbond substituents is 1. The Balaban J connectivity index is -0.00000133. The second kappa shape index (κ2) is 7.72. The maximum atomic E-state index is 10.7. The number of phenols is 1. The summed E-state index contributed by atoms with van der Waals surface area (Å²) in [6.07, 6.45) is 0. The van der Waals surface area contributed by atoms with Crippen LogP contribution >= 0.6 is 8.25 Å². The van der Waals surface area contributed by atoms with Crippen molar-refractivity contribution in [3.63, 3.8) is 0 Å². The molecule has 1 unspecified atom stereocenters. The van der Waals surface area contributed by atoms with Crippen molar-refractivity contribution in [1.82, 2.24) is 0 Å². The normalized spacial score (nSPS) is 12.8. The molecule has 4 nitrogen and oxygen atoms in total. The first-order valence-corrected chi connectivity index (χ1v) is 7.72. The van der Waals surface area contributed by atoms with E-state index < -0.39 is 8.25 Å². The molecule has 1 aromatic carbocycles. The standard InChI is InChI=1S/C15H23O4P.Ca.2H/c1-14(2,3)11-7-10(9-19-20(17)18)8-12(13(11)16)15(4,5)6;;;/h7-8H,9H2,1-6H3,(H-,16,17,18);;;/q;+2;2*-1/p+1. The zero-order valence-corrected chi connectivity index (χ0v) is 16.8. The van der Waals surface area contributed by atoms with E-state index in [1.54, 1.807) is 0 Å². The largest absolute Gasteiger partial charge is 2.00 e. The fourth-order valence-corrected chi connectivity index (χ4v) is 2.31. The Kier molecular flexibility index (Phi) is 7.83. The predicted octanol–water partition coefficient (Wildman–Crippen LogP) is 4.00. The van der Waals surface area contributed by atoms with Gasteiger partial charge in [-0.3, -0.25) is 0 Å². The molecule has 0 aliphatic heterocycles. The molecule has 0 saturated heterocycles. The van der Waals surface area contributed by atoms with Crippen LogP contribution in [0.15, 0.2) is 12.1 Å². The Morgan fingerprint density at radius 3 is 1.76 bits per heavy atom. The first kappa shape index (κ1) is 21.3. The minimum absolute atomic E-state index is 0. The minimum Gasteiger partial charge on any atom is -1.00 e. The third-order valence-corrected chi connectivity index (χ3v) is 3.48. The Labute approximate surface area is 160 Å². The number of hydrogen-bond acceptors (Lipinski definition) is 3. The third-order valence-electron chi connectivity index (χ3n) is 3.13. The Morgan fingerprint density at radius 2 is 1.48 bits per heavy atom. The molecule has 21 heavy (non-hydrogen) atoms. The van der Waals surface area contributed by atoms with Crippen LogP contribution in [0.2, 0.25) is 0 Å². The van der Waals surface area contributed by atoms with Gasteiger partial charge in [-0.2, -0.15) is 0 Å². The van der Waals surface area contributed by atoms with Gasteiger partial charge in [0, 0.05) is 4.57 Å². The summed E-state index contributed by atoms with van der Waals surface area (Å²) < 4.78 is 15.5. The van der Waals surface area contributed by atoms with Crippen molar-refractivity contribution in [2.75, 3.05) is 0 Å². The smallest absolute Gasteiger partial charge is 1.00 e. The van der Waals surface area contributed by atoms with E-state index in [0.717, 1.165) is 16.7 Å². The molecule has 0 amide bonds. The third kappa shape index (κ3) is 6.13. The summed E-state index contributed by atoms with van der Waals surface area (Å²) in [6.45, 7) is 12.2. The number of hydrogen-bond donors (Lipinski definition) is 2. The van der Waals surface area contributed by atoms with Crippen LogP contribution in [0.3, 0.4) is 0 Å². The topological polar surface area (TPSA) is 66.8 Å². The molecule has 0 heterocycles. The molecule has 0 fully saturated rings. The molecule has 0 radical (unpaired) electrons. The van der Waals surface area contributed by atoms with Crippen molar-refractivity contribution in [1.29, 1.82) is 0 Å². The molecule has 0 aliphatic carbocycles. The molecule has 0 bridgehead atoms. The molecule has 1 rings (SSSR count). The average Bonchev–Trinajstić information content (AvgIpc) is 2.24. The van der Waals surface area contributed by atoms with Crippen molar-refractivity contribution in [2.45, 2.75) is 59.0 Å². The average molecular weight is 341 g/mol. The van der Waals surface area contributed by atoms with E-state index in [-0.39, 0.29) is 58.0 Å². The first-order chi connectivity index (χ1) is 8.93. The predicted molar refractivity (Wildman–Crippen MR) is 88.1 cm³/mol. The van der Waals surface area contributed by atoms with E-state index in [0.29, 0.717) is 5.75 Å². The SMILES string of the molecule is CC(C)(C)c1cc(CO[P+](=O)O)cc(C(C)(C)C)c1O.[Ca+2].[H-].[H-]. The van der Waals surface area contributed by atoms with Gasteiger partial charge in [0.15, 0.2) is 0 Å². The molecule has 1 atom stereocenters. The zero-order chi connectivity index (χ0) is 15.7. The van der Waals surface area contributed by atoms with Crippen molar-refractivity contribution < 1.29 is 21.9 Å². The van der Waals surface area contributed by atoms with E-state index in [2.05, 4.69) is 0 Å². The van der Waals surface area contributed by atoms with Gasteiger partial charge in [0.2, 0.25) is 0 Å². The van der Waals surface area contributed by atoms with Crippen molar-refractivity contribution in [3.05, 3.63) is 28.8 Å². The molecule has 0 saturated carbocycles. The molecule has 2 N–H and O–H groups in total. The van der Waals surface area contributed by atoms with E-state index >= 15 is 0 Å². The number of benzene rings is 1. The molecular formula is C15H26CaO4P+. The molecule has 1 aromatic rings. The monoisotopic (exact) mass is 341 g/mol. The fourth-order valence-electron chi connectivity index (χ4n) is 2.05. The molecular weight excluding hydrogens is 315 g/mol. The van der Waals surface area contributed by atoms with Gasteiger partial charge in [-0.05, 0) is 39.7 Å². The Morgan fingerprint density at radius 1 is 1.10 bits per heavy atom. The summed E-state index contributed by atoms with van der Waals surface area (Å²) in [6, 6.07) is 3.67. The van der Waals surface area contributed by atoms with Crippen LogP contribution in [0.25, 0.3) is 0 Å². The van der Waals surface area contributed by atoms with E-state index in [1.165, 1.54) is 0 Å².